The number of ether oxygens (including phenoxy) is 1. The van der Waals surface area contributed by atoms with E-state index < -0.39 is 47.3 Å². The van der Waals surface area contributed by atoms with Crippen molar-refractivity contribution in [1.29, 1.82) is 0 Å². The lowest BCUT2D eigenvalue weighted by molar-refractivity contribution is -0.385. The van der Waals surface area contributed by atoms with Gasteiger partial charge in [0.05, 0.1) is 21.9 Å². The highest BCUT2D eigenvalue weighted by Gasteiger charge is 2.42. The fraction of sp³-hybridized carbons (Fsp3) is 0.211. The largest absolute Gasteiger partial charge is 0.456 e. The molecule has 1 N–H and O–H groups in total. The highest BCUT2D eigenvalue weighted by molar-refractivity contribution is 7.14. The van der Waals surface area contributed by atoms with Crippen molar-refractivity contribution in [2.24, 2.45) is 0 Å². The lowest BCUT2D eigenvalue weighted by Crippen LogP contribution is -2.36. The Kier molecular flexibility index (Phi) is 6.20. The molecule has 11 nitrogen and oxygen atoms in total. The number of Topliss-reactive ketones (excluding diaryl/α,β-unsaturated/α-hetero) is 1. The van der Waals surface area contributed by atoms with E-state index in [0.29, 0.717) is 9.78 Å². The highest BCUT2D eigenvalue weighted by atomic mass is 32.1. The number of imide groups is 1. The van der Waals surface area contributed by atoms with Gasteiger partial charge in [0.25, 0.3) is 17.5 Å². The summed E-state index contributed by atoms with van der Waals surface area (Å²) in [5.74, 6) is -3.55. The molecule has 0 fully saturated rings. The van der Waals surface area contributed by atoms with Gasteiger partial charge in [-0.3, -0.25) is 39.0 Å². The number of carbonyl (C=O) groups is 5. The number of rotatable bonds is 8. The van der Waals surface area contributed by atoms with Gasteiger partial charge in [-0.05, 0) is 18.2 Å². The number of nitrogens with one attached hydrogen (secondary N) is 1. The van der Waals surface area contributed by atoms with Gasteiger partial charge in [0.15, 0.2) is 6.61 Å². The molecular formula is C19H15N3O8S. The Morgan fingerprint density at radius 3 is 2.58 bits per heavy atom. The number of fused-ring (bicyclic) bond motifs is 1. The molecule has 0 bridgehead atoms. The van der Waals surface area contributed by atoms with Gasteiger partial charge in [-0.25, -0.2) is 0 Å². The zero-order valence-corrected chi connectivity index (χ0v) is 16.9. The third-order valence-corrected chi connectivity index (χ3v) is 5.40. The second-order valence-electron chi connectivity index (χ2n) is 6.41. The summed E-state index contributed by atoms with van der Waals surface area (Å²) in [5, 5.41) is 13.7. The van der Waals surface area contributed by atoms with Crippen LogP contribution in [-0.4, -0.2) is 52.4 Å². The van der Waals surface area contributed by atoms with E-state index in [4.69, 9.17) is 4.74 Å². The summed E-state index contributed by atoms with van der Waals surface area (Å²) < 4.78 is 4.87. The van der Waals surface area contributed by atoms with E-state index in [1.807, 2.05) is 0 Å². The van der Waals surface area contributed by atoms with Crippen molar-refractivity contribution in [3.63, 3.8) is 0 Å². The van der Waals surface area contributed by atoms with E-state index in [2.05, 4.69) is 5.32 Å². The monoisotopic (exact) mass is 445 g/mol. The molecule has 1 aromatic carbocycles. The maximum Gasteiger partial charge on any atom is 0.326 e. The highest BCUT2D eigenvalue weighted by Crippen LogP contribution is 2.30. The third-order valence-electron chi connectivity index (χ3n) is 4.27. The fourth-order valence-corrected chi connectivity index (χ4v) is 3.71. The molecule has 1 aliphatic rings. The Morgan fingerprint density at radius 1 is 1.16 bits per heavy atom. The van der Waals surface area contributed by atoms with Gasteiger partial charge in [-0.15, -0.1) is 11.3 Å². The van der Waals surface area contributed by atoms with Crippen LogP contribution in [0.15, 0.2) is 30.3 Å². The molecule has 0 spiro atoms. The third kappa shape index (κ3) is 4.64. The molecule has 0 unspecified atom stereocenters. The van der Waals surface area contributed by atoms with Crippen molar-refractivity contribution in [3.05, 3.63) is 61.3 Å². The number of hydrogen-bond donors (Lipinski definition) is 1. The molecule has 0 atom stereocenters. The number of carbonyl (C=O) groups excluding carboxylic acids is 5. The molecule has 0 radical (unpaired) electrons. The molecule has 0 aliphatic carbocycles. The molecule has 3 amide bonds. The molecule has 1 aromatic heterocycles. The van der Waals surface area contributed by atoms with Crippen LogP contribution in [0.5, 0.6) is 0 Å². The van der Waals surface area contributed by atoms with Crippen LogP contribution in [0.3, 0.4) is 0 Å². The van der Waals surface area contributed by atoms with Crippen LogP contribution in [0.2, 0.25) is 0 Å². The second kappa shape index (κ2) is 8.83. The van der Waals surface area contributed by atoms with Crippen molar-refractivity contribution < 1.29 is 33.6 Å². The van der Waals surface area contributed by atoms with E-state index in [1.54, 1.807) is 6.07 Å². The zero-order valence-electron chi connectivity index (χ0n) is 16.1. The van der Waals surface area contributed by atoms with Gasteiger partial charge in [0, 0.05) is 17.9 Å². The van der Waals surface area contributed by atoms with Crippen molar-refractivity contribution in [3.8, 4) is 0 Å². The number of hydrogen-bond acceptors (Lipinski definition) is 9. The molecule has 3 rings (SSSR count). The molecule has 2 heterocycles. The van der Waals surface area contributed by atoms with Gasteiger partial charge >= 0.3 is 5.97 Å². The van der Waals surface area contributed by atoms with Crippen LogP contribution in [0, 0.1) is 10.1 Å². The van der Waals surface area contributed by atoms with E-state index in [1.165, 1.54) is 25.1 Å². The number of ketones is 1. The number of nitro benzene ring substituents is 1. The summed E-state index contributed by atoms with van der Waals surface area (Å²) >= 11 is 1.13. The molecule has 0 saturated carbocycles. The number of thiophene rings is 1. The summed E-state index contributed by atoms with van der Waals surface area (Å²) in [5.41, 5.74) is -1.09. The second-order valence-corrected chi connectivity index (χ2v) is 7.58. The van der Waals surface area contributed by atoms with Crippen molar-refractivity contribution in [2.75, 3.05) is 13.2 Å². The minimum Gasteiger partial charge on any atom is -0.456 e. The standard InChI is InChI=1S/C19H15N3O8S/c1-10(23)20-7-11-5-6-15(31-11)14(24)9-30-16(25)8-21-18(26)12-3-2-4-13(22(28)29)17(12)19(21)27/h2-6H,7-9H2,1H3,(H,20,23). The Labute approximate surface area is 178 Å². The maximum atomic E-state index is 12.4. The van der Waals surface area contributed by atoms with Gasteiger partial charge in [0.1, 0.15) is 12.1 Å². The number of benzene rings is 1. The van der Waals surface area contributed by atoms with E-state index in [-0.39, 0.29) is 23.6 Å². The maximum absolute atomic E-state index is 12.4. The van der Waals surface area contributed by atoms with Gasteiger partial charge in [-0.1, -0.05) is 6.07 Å². The van der Waals surface area contributed by atoms with Gasteiger partial charge in [0.2, 0.25) is 11.7 Å². The number of esters is 1. The SMILES string of the molecule is CC(=O)NCc1ccc(C(=O)COC(=O)CN2C(=O)c3cccc([N+](=O)[O-])c3C2=O)s1. The van der Waals surface area contributed by atoms with Crippen LogP contribution in [0.4, 0.5) is 5.69 Å². The minimum absolute atomic E-state index is 0.173. The summed E-state index contributed by atoms with van der Waals surface area (Å²) in [6, 6.07) is 6.80. The first-order chi connectivity index (χ1) is 14.7. The van der Waals surface area contributed by atoms with Gasteiger partial charge < -0.3 is 10.1 Å². The van der Waals surface area contributed by atoms with Crippen LogP contribution in [0.25, 0.3) is 0 Å². The Bertz CT molecular complexity index is 1120. The number of amides is 3. The van der Waals surface area contributed by atoms with E-state index >= 15 is 0 Å². The lowest BCUT2D eigenvalue weighted by atomic mass is 10.1. The Hall–Kier alpha value is -3.93. The van der Waals surface area contributed by atoms with Crippen LogP contribution in [-0.2, 0) is 20.9 Å². The van der Waals surface area contributed by atoms with Gasteiger partial charge in [-0.2, -0.15) is 0 Å². The summed E-state index contributed by atoms with van der Waals surface area (Å²) in [6.07, 6.45) is 0. The van der Waals surface area contributed by atoms with E-state index in [0.717, 1.165) is 22.3 Å². The summed E-state index contributed by atoms with van der Waals surface area (Å²) in [7, 11) is 0. The summed E-state index contributed by atoms with van der Waals surface area (Å²) in [4.78, 5) is 71.9. The normalized spacial score (nSPS) is 12.5. The number of nitro groups is 1. The average molecular weight is 445 g/mol. The first-order valence-electron chi connectivity index (χ1n) is 8.84. The zero-order chi connectivity index (χ0) is 22.7. The number of nitrogens with zero attached hydrogens (tertiary/aromatic N) is 2. The van der Waals surface area contributed by atoms with E-state index in [9.17, 15) is 34.1 Å². The minimum atomic E-state index is -1.01. The molecule has 160 valence electrons. The molecule has 0 saturated heterocycles. The van der Waals surface area contributed by atoms with Crippen LogP contribution in [0.1, 0.15) is 42.2 Å². The van der Waals surface area contributed by atoms with Crippen LogP contribution < -0.4 is 5.32 Å². The first-order valence-corrected chi connectivity index (χ1v) is 9.66. The molecule has 31 heavy (non-hydrogen) atoms. The topological polar surface area (TPSA) is 153 Å². The first kappa shape index (κ1) is 21.8. The Balaban J connectivity index is 1.59. The lowest BCUT2D eigenvalue weighted by Gasteiger charge is -2.12. The smallest absolute Gasteiger partial charge is 0.326 e. The molecule has 12 heteroatoms. The molecule has 1 aliphatic heterocycles. The van der Waals surface area contributed by atoms with Crippen LogP contribution >= 0.6 is 11.3 Å². The van der Waals surface area contributed by atoms with Crippen molar-refractivity contribution in [2.45, 2.75) is 13.5 Å². The molecule has 2 aromatic rings. The average Bonchev–Trinajstić information content (AvgIpc) is 3.30. The quantitative estimate of drug-likeness (QED) is 0.210. The predicted octanol–water partition coefficient (Wildman–Crippen LogP) is 1.31. The fourth-order valence-electron chi connectivity index (χ4n) is 2.84. The molecular weight excluding hydrogens is 430 g/mol. The van der Waals surface area contributed by atoms with Crippen molar-refractivity contribution >= 4 is 46.5 Å². The van der Waals surface area contributed by atoms with Crippen molar-refractivity contribution in [1.82, 2.24) is 10.2 Å². The summed E-state index contributed by atoms with van der Waals surface area (Å²) in [6.45, 7) is 0.238. The predicted molar refractivity (Wildman–Crippen MR) is 106 cm³/mol. The Morgan fingerprint density at radius 2 is 1.90 bits per heavy atom.